The van der Waals surface area contributed by atoms with Crippen molar-refractivity contribution in [3.63, 3.8) is 0 Å². The normalized spacial score (nSPS) is 19.6. The number of piperidine rings is 1. The molecule has 1 amide bonds. The number of carbonyl (C=O) groups is 1. The monoisotopic (exact) mass is 256 g/mol. The third kappa shape index (κ3) is 5.36. The zero-order chi connectivity index (χ0) is 13.6. The maximum Gasteiger partial charge on any atom is 0.249 e. The van der Waals surface area contributed by atoms with Crippen LogP contribution in [0.2, 0.25) is 0 Å². The number of nitrogens with one attached hydrogen (secondary N) is 2. The summed E-state index contributed by atoms with van der Waals surface area (Å²) in [5.74, 6) is 0.594. The highest BCUT2D eigenvalue weighted by atomic mass is 16.5. The average Bonchev–Trinajstić information content (AvgIpc) is 2.36. The van der Waals surface area contributed by atoms with Crippen molar-refractivity contribution in [1.29, 1.82) is 0 Å². The zero-order valence-electron chi connectivity index (χ0n) is 12.2. The molecule has 1 rings (SSSR count). The second-order valence-corrected chi connectivity index (χ2v) is 5.90. The van der Waals surface area contributed by atoms with Crippen LogP contribution in [-0.2, 0) is 9.53 Å². The van der Waals surface area contributed by atoms with Crippen LogP contribution in [0.3, 0.4) is 0 Å². The van der Waals surface area contributed by atoms with Crippen LogP contribution in [-0.4, -0.2) is 37.2 Å². The fourth-order valence-electron chi connectivity index (χ4n) is 1.93. The topological polar surface area (TPSA) is 50.4 Å². The fraction of sp³-hybridized carbons (Fsp3) is 0.929. The van der Waals surface area contributed by atoms with Crippen molar-refractivity contribution in [1.82, 2.24) is 10.6 Å². The summed E-state index contributed by atoms with van der Waals surface area (Å²) >= 11 is 0. The van der Waals surface area contributed by atoms with E-state index in [9.17, 15) is 4.79 Å². The first-order chi connectivity index (χ1) is 8.44. The van der Waals surface area contributed by atoms with E-state index in [4.69, 9.17) is 4.74 Å². The molecule has 4 nitrogen and oxygen atoms in total. The Morgan fingerprint density at radius 3 is 2.61 bits per heavy atom. The van der Waals surface area contributed by atoms with E-state index in [-0.39, 0.29) is 17.6 Å². The molecular formula is C14H28N2O2. The highest BCUT2D eigenvalue weighted by Gasteiger charge is 2.23. The maximum atomic E-state index is 11.9. The van der Waals surface area contributed by atoms with Crippen LogP contribution >= 0.6 is 0 Å². The Hall–Kier alpha value is -0.610. The molecule has 1 aliphatic heterocycles. The van der Waals surface area contributed by atoms with Crippen LogP contribution in [0.15, 0.2) is 0 Å². The fourth-order valence-corrected chi connectivity index (χ4v) is 1.93. The predicted molar refractivity (Wildman–Crippen MR) is 73.5 cm³/mol. The van der Waals surface area contributed by atoms with Gasteiger partial charge >= 0.3 is 0 Å². The summed E-state index contributed by atoms with van der Waals surface area (Å²) in [6.45, 7) is 10.8. The number of rotatable bonds is 6. The van der Waals surface area contributed by atoms with Gasteiger partial charge in [0.05, 0.1) is 6.61 Å². The molecule has 4 heteroatoms. The van der Waals surface area contributed by atoms with Gasteiger partial charge in [-0.05, 0) is 59.0 Å². The molecule has 1 aliphatic rings. The molecule has 0 aromatic heterocycles. The van der Waals surface area contributed by atoms with Crippen LogP contribution < -0.4 is 10.6 Å². The highest BCUT2D eigenvalue weighted by Crippen LogP contribution is 2.13. The summed E-state index contributed by atoms with van der Waals surface area (Å²) in [4.78, 5) is 11.9. The molecular weight excluding hydrogens is 228 g/mol. The van der Waals surface area contributed by atoms with Crippen LogP contribution in [0.5, 0.6) is 0 Å². The largest absolute Gasteiger partial charge is 0.368 e. The average molecular weight is 256 g/mol. The van der Waals surface area contributed by atoms with Gasteiger partial charge in [0, 0.05) is 5.54 Å². The smallest absolute Gasteiger partial charge is 0.249 e. The molecule has 2 N–H and O–H groups in total. The van der Waals surface area contributed by atoms with E-state index in [1.54, 1.807) is 0 Å². The first kappa shape index (κ1) is 15.4. The van der Waals surface area contributed by atoms with Crippen molar-refractivity contribution in [2.75, 3.05) is 19.7 Å². The Balaban J connectivity index is 2.26. The molecule has 0 aromatic rings. The third-order valence-electron chi connectivity index (χ3n) is 3.76. The number of amides is 1. The van der Waals surface area contributed by atoms with Crippen molar-refractivity contribution >= 4 is 5.91 Å². The van der Waals surface area contributed by atoms with Gasteiger partial charge in [0.2, 0.25) is 5.91 Å². The Bertz CT molecular complexity index is 261. The molecule has 1 saturated heterocycles. The van der Waals surface area contributed by atoms with Gasteiger partial charge in [-0.3, -0.25) is 4.79 Å². The van der Waals surface area contributed by atoms with E-state index in [1.165, 1.54) is 0 Å². The lowest BCUT2D eigenvalue weighted by atomic mass is 9.99. The van der Waals surface area contributed by atoms with E-state index < -0.39 is 0 Å². The summed E-state index contributed by atoms with van der Waals surface area (Å²) in [6.07, 6.45) is 2.86. The maximum absolute atomic E-state index is 11.9. The molecule has 106 valence electrons. The number of hydrogen-bond acceptors (Lipinski definition) is 3. The molecule has 0 spiro atoms. The summed E-state index contributed by atoms with van der Waals surface area (Å²) < 4.78 is 5.69. The minimum absolute atomic E-state index is 0.00390. The first-order valence-electron chi connectivity index (χ1n) is 7.09. The van der Waals surface area contributed by atoms with Gasteiger partial charge in [-0.1, -0.05) is 6.92 Å². The number of ether oxygens (including phenoxy) is 1. The minimum Gasteiger partial charge on any atom is -0.368 e. The minimum atomic E-state index is -0.356. The molecule has 1 fully saturated rings. The van der Waals surface area contributed by atoms with Crippen molar-refractivity contribution < 1.29 is 9.53 Å². The highest BCUT2D eigenvalue weighted by molar-refractivity contribution is 5.81. The van der Waals surface area contributed by atoms with Crippen LogP contribution in [0, 0.1) is 5.92 Å². The summed E-state index contributed by atoms with van der Waals surface area (Å²) in [5.41, 5.74) is -0.149. The van der Waals surface area contributed by atoms with Crippen molar-refractivity contribution in [2.24, 2.45) is 5.92 Å². The van der Waals surface area contributed by atoms with E-state index in [0.29, 0.717) is 12.5 Å². The van der Waals surface area contributed by atoms with Crippen molar-refractivity contribution in [2.45, 2.75) is 58.6 Å². The lowest BCUT2D eigenvalue weighted by Crippen LogP contribution is -2.47. The second kappa shape index (κ2) is 7.10. The zero-order valence-corrected chi connectivity index (χ0v) is 12.2. The molecule has 1 atom stereocenters. The van der Waals surface area contributed by atoms with E-state index in [0.717, 1.165) is 32.4 Å². The Kier molecular flexibility index (Phi) is 6.09. The van der Waals surface area contributed by atoms with Gasteiger partial charge in [-0.25, -0.2) is 0 Å². The summed E-state index contributed by atoms with van der Waals surface area (Å²) in [5, 5.41) is 6.35. The van der Waals surface area contributed by atoms with Crippen molar-refractivity contribution in [3.8, 4) is 0 Å². The molecule has 0 aromatic carbocycles. The van der Waals surface area contributed by atoms with Crippen LogP contribution in [0.1, 0.15) is 47.0 Å². The van der Waals surface area contributed by atoms with Crippen LogP contribution in [0.4, 0.5) is 0 Å². The summed E-state index contributed by atoms with van der Waals surface area (Å²) in [7, 11) is 0. The lowest BCUT2D eigenvalue weighted by molar-refractivity contribution is -0.134. The lowest BCUT2D eigenvalue weighted by Gasteiger charge is -2.28. The van der Waals surface area contributed by atoms with E-state index in [2.05, 4.69) is 17.6 Å². The van der Waals surface area contributed by atoms with Crippen LogP contribution in [0.25, 0.3) is 0 Å². The second-order valence-electron chi connectivity index (χ2n) is 5.90. The molecule has 0 bridgehead atoms. The SMILES string of the molecule is CCC(C)(C)NC(=O)C(C)OCC1CCNCC1. The van der Waals surface area contributed by atoms with Gasteiger partial charge < -0.3 is 15.4 Å². The molecule has 0 radical (unpaired) electrons. The van der Waals surface area contributed by atoms with E-state index in [1.807, 2.05) is 20.8 Å². The van der Waals surface area contributed by atoms with Gasteiger partial charge in [-0.2, -0.15) is 0 Å². The van der Waals surface area contributed by atoms with Crippen molar-refractivity contribution in [3.05, 3.63) is 0 Å². The first-order valence-corrected chi connectivity index (χ1v) is 7.09. The number of carbonyl (C=O) groups excluding carboxylic acids is 1. The molecule has 1 unspecified atom stereocenters. The Labute approximate surface area is 111 Å². The van der Waals surface area contributed by atoms with Gasteiger partial charge in [0.15, 0.2) is 0 Å². The van der Waals surface area contributed by atoms with E-state index >= 15 is 0 Å². The van der Waals surface area contributed by atoms with Gasteiger partial charge in [0.25, 0.3) is 0 Å². The molecule has 0 aliphatic carbocycles. The molecule has 18 heavy (non-hydrogen) atoms. The standard InChI is InChI=1S/C14H28N2O2/c1-5-14(3,4)16-13(17)11(2)18-10-12-6-8-15-9-7-12/h11-12,15H,5-10H2,1-4H3,(H,16,17). The Morgan fingerprint density at radius 2 is 2.06 bits per heavy atom. The predicted octanol–water partition coefficient (Wildman–Crippen LogP) is 1.70. The Morgan fingerprint density at radius 1 is 1.44 bits per heavy atom. The quantitative estimate of drug-likeness (QED) is 0.760. The molecule has 1 heterocycles. The molecule has 0 saturated carbocycles. The number of hydrogen-bond donors (Lipinski definition) is 2. The van der Waals surface area contributed by atoms with Gasteiger partial charge in [-0.15, -0.1) is 0 Å². The summed E-state index contributed by atoms with van der Waals surface area (Å²) in [6, 6.07) is 0. The van der Waals surface area contributed by atoms with Gasteiger partial charge in [0.1, 0.15) is 6.10 Å². The third-order valence-corrected chi connectivity index (χ3v) is 3.76.